The van der Waals surface area contributed by atoms with E-state index in [4.69, 9.17) is 10.00 Å². The summed E-state index contributed by atoms with van der Waals surface area (Å²) in [5.41, 5.74) is 1.26. The van der Waals surface area contributed by atoms with Crippen molar-refractivity contribution in [3.05, 3.63) is 53.4 Å². The van der Waals surface area contributed by atoms with Crippen LogP contribution in [0, 0.1) is 23.1 Å². The lowest BCUT2D eigenvalue weighted by molar-refractivity contribution is 0.197. The molecule has 0 atom stereocenters. The fourth-order valence-corrected chi connectivity index (χ4v) is 3.56. The van der Waals surface area contributed by atoms with Crippen LogP contribution in [0.25, 0.3) is 0 Å². The second-order valence-electron chi connectivity index (χ2n) is 7.34. The Kier molecular flexibility index (Phi) is 6.75. The van der Waals surface area contributed by atoms with E-state index in [0.717, 1.165) is 37.9 Å². The van der Waals surface area contributed by atoms with Gasteiger partial charge in [0, 0.05) is 24.4 Å². The van der Waals surface area contributed by atoms with Crippen LogP contribution >= 0.6 is 0 Å². The lowest BCUT2D eigenvalue weighted by Gasteiger charge is -2.27. The van der Waals surface area contributed by atoms with Gasteiger partial charge < -0.3 is 4.74 Å². The molecule has 0 N–H and O–H groups in total. The quantitative estimate of drug-likeness (QED) is 0.676. The van der Waals surface area contributed by atoms with Gasteiger partial charge in [0.1, 0.15) is 23.5 Å². The number of nitriles is 1. The Labute approximate surface area is 160 Å². The lowest BCUT2D eigenvalue weighted by Crippen LogP contribution is -2.20. The molecular weight excluding hydrogens is 341 g/mol. The molecule has 0 saturated heterocycles. The van der Waals surface area contributed by atoms with E-state index in [0.29, 0.717) is 24.2 Å². The van der Waals surface area contributed by atoms with Gasteiger partial charge in [-0.05, 0) is 62.1 Å². The molecule has 2 aromatic rings. The maximum atomic E-state index is 13.6. The molecule has 0 unspecified atom stereocenters. The average molecular weight is 367 g/mol. The first-order chi connectivity index (χ1) is 13.2. The number of aryl methyl sites for hydroxylation is 1. The number of hydrogen-bond donors (Lipinski definition) is 0. The van der Waals surface area contributed by atoms with Gasteiger partial charge in [0.15, 0.2) is 0 Å². The van der Waals surface area contributed by atoms with Crippen molar-refractivity contribution < 1.29 is 9.13 Å². The van der Waals surface area contributed by atoms with E-state index in [9.17, 15) is 4.39 Å². The highest BCUT2D eigenvalue weighted by atomic mass is 19.1. The molecule has 1 aromatic carbocycles. The van der Waals surface area contributed by atoms with Crippen LogP contribution in [0.2, 0.25) is 0 Å². The molecule has 4 nitrogen and oxygen atoms in total. The Morgan fingerprint density at radius 1 is 1.19 bits per heavy atom. The third kappa shape index (κ3) is 5.26. The maximum Gasteiger partial charge on any atom is 0.144 e. The summed E-state index contributed by atoms with van der Waals surface area (Å²) in [6, 6.07) is 6.22. The highest BCUT2D eigenvalue weighted by molar-refractivity contribution is 5.36. The summed E-state index contributed by atoms with van der Waals surface area (Å²) in [4.78, 5) is 9.18. The minimum absolute atomic E-state index is 0.0450. The van der Waals surface area contributed by atoms with Crippen LogP contribution in [0.1, 0.15) is 68.3 Å². The minimum Gasteiger partial charge on any atom is -0.493 e. The Balaban J connectivity index is 1.46. The number of nitrogens with zero attached hydrogens (tertiary/aromatic N) is 3. The lowest BCUT2D eigenvalue weighted by atomic mass is 9.82. The number of hydrogen-bond acceptors (Lipinski definition) is 4. The van der Waals surface area contributed by atoms with Crippen molar-refractivity contribution in [3.8, 4) is 11.8 Å². The van der Waals surface area contributed by atoms with E-state index in [-0.39, 0.29) is 5.56 Å². The van der Waals surface area contributed by atoms with Crippen molar-refractivity contribution in [2.24, 2.45) is 5.92 Å². The molecule has 0 amide bonds. The third-order valence-corrected chi connectivity index (χ3v) is 5.30. The first kappa shape index (κ1) is 19.3. The van der Waals surface area contributed by atoms with Crippen molar-refractivity contribution in [2.75, 3.05) is 6.61 Å². The fourth-order valence-electron chi connectivity index (χ4n) is 3.56. The molecule has 0 radical (unpaired) electrons. The Morgan fingerprint density at radius 2 is 1.93 bits per heavy atom. The molecule has 27 heavy (non-hydrogen) atoms. The smallest absolute Gasteiger partial charge is 0.144 e. The van der Waals surface area contributed by atoms with Crippen molar-refractivity contribution in [2.45, 2.75) is 57.8 Å². The molecule has 1 heterocycles. The van der Waals surface area contributed by atoms with Gasteiger partial charge >= 0.3 is 0 Å². The summed E-state index contributed by atoms with van der Waals surface area (Å²) in [5.74, 6) is 1.80. The zero-order chi connectivity index (χ0) is 19.1. The van der Waals surface area contributed by atoms with Gasteiger partial charge in [-0.15, -0.1) is 0 Å². The van der Waals surface area contributed by atoms with Crippen molar-refractivity contribution in [3.63, 3.8) is 0 Å². The number of aromatic nitrogens is 2. The standard InChI is InChI=1S/C22H26FN3O/c1-2-3-4-17-13-25-22(26-14-17)18-7-5-16(6-8-18)15-27-20-10-9-19(12-24)21(23)11-20/h9-11,13-14,16,18H,2-8,15H2,1H3. The van der Waals surface area contributed by atoms with Crippen LogP contribution in [0.3, 0.4) is 0 Å². The molecule has 3 rings (SSSR count). The second-order valence-corrected chi connectivity index (χ2v) is 7.34. The fraction of sp³-hybridized carbons (Fsp3) is 0.500. The van der Waals surface area contributed by atoms with E-state index < -0.39 is 5.82 Å². The first-order valence-electron chi connectivity index (χ1n) is 9.82. The van der Waals surface area contributed by atoms with Gasteiger partial charge in [-0.2, -0.15) is 5.26 Å². The van der Waals surface area contributed by atoms with Gasteiger partial charge in [0.25, 0.3) is 0 Å². The number of rotatable bonds is 7. The Morgan fingerprint density at radius 3 is 2.56 bits per heavy atom. The SMILES string of the molecule is CCCCc1cnc(C2CCC(COc3ccc(C#N)c(F)c3)CC2)nc1. The van der Waals surface area contributed by atoms with Crippen LogP contribution < -0.4 is 4.74 Å². The van der Waals surface area contributed by atoms with Crippen molar-refractivity contribution in [1.29, 1.82) is 5.26 Å². The predicted octanol–water partition coefficient (Wildman–Crippen LogP) is 5.18. The average Bonchev–Trinajstić information content (AvgIpc) is 2.71. The summed E-state index contributed by atoms with van der Waals surface area (Å²) < 4.78 is 19.4. The van der Waals surface area contributed by atoms with Gasteiger partial charge in [0.2, 0.25) is 0 Å². The molecule has 1 aromatic heterocycles. The molecule has 5 heteroatoms. The van der Waals surface area contributed by atoms with E-state index in [1.54, 1.807) is 6.07 Å². The zero-order valence-corrected chi connectivity index (χ0v) is 15.8. The second kappa shape index (κ2) is 9.45. The molecule has 0 spiro atoms. The molecule has 1 aliphatic carbocycles. The molecule has 1 fully saturated rings. The van der Waals surface area contributed by atoms with Crippen LogP contribution in [0.4, 0.5) is 4.39 Å². The van der Waals surface area contributed by atoms with Crippen LogP contribution in [-0.2, 0) is 6.42 Å². The normalized spacial score (nSPS) is 19.4. The monoisotopic (exact) mass is 367 g/mol. The molecule has 1 aliphatic rings. The van der Waals surface area contributed by atoms with Gasteiger partial charge in [0.05, 0.1) is 12.2 Å². The van der Waals surface area contributed by atoms with Gasteiger partial charge in [-0.1, -0.05) is 13.3 Å². The summed E-state index contributed by atoms with van der Waals surface area (Å²) >= 11 is 0. The van der Waals surface area contributed by atoms with E-state index in [1.807, 2.05) is 18.5 Å². The number of halogens is 1. The minimum atomic E-state index is -0.529. The largest absolute Gasteiger partial charge is 0.493 e. The molecule has 0 bridgehead atoms. The van der Waals surface area contributed by atoms with Crippen molar-refractivity contribution in [1.82, 2.24) is 9.97 Å². The van der Waals surface area contributed by atoms with Crippen LogP contribution in [0.15, 0.2) is 30.6 Å². The van der Waals surface area contributed by atoms with Gasteiger partial charge in [-0.25, -0.2) is 14.4 Å². The Bertz CT molecular complexity index is 777. The van der Waals surface area contributed by atoms with Crippen LogP contribution in [0.5, 0.6) is 5.75 Å². The van der Waals surface area contributed by atoms with Crippen molar-refractivity contribution >= 4 is 0 Å². The highest BCUT2D eigenvalue weighted by Gasteiger charge is 2.24. The third-order valence-electron chi connectivity index (χ3n) is 5.30. The summed E-state index contributed by atoms with van der Waals surface area (Å²) in [7, 11) is 0. The zero-order valence-electron chi connectivity index (χ0n) is 15.8. The summed E-state index contributed by atoms with van der Waals surface area (Å²) in [6.07, 6.45) is 11.6. The molecular formula is C22H26FN3O. The van der Waals surface area contributed by atoms with E-state index >= 15 is 0 Å². The Hall–Kier alpha value is -2.48. The number of ether oxygens (including phenoxy) is 1. The van der Waals surface area contributed by atoms with E-state index in [1.165, 1.54) is 30.5 Å². The maximum absolute atomic E-state index is 13.6. The summed E-state index contributed by atoms with van der Waals surface area (Å²) in [5, 5.41) is 8.77. The molecule has 142 valence electrons. The van der Waals surface area contributed by atoms with E-state index in [2.05, 4.69) is 16.9 Å². The first-order valence-corrected chi connectivity index (χ1v) is 9.82. The highest BCUT2D eigenvalue weighted by Crippen LogP contribution is 2.34. The molecule has 0 aliphatic heterocycles. The topological polar surface area (TPSA) is 58.8 Å². The number of benzene rings is 1. The number of unbranched alkanes of at least 4 members (excludes halogenated alkanes) is 1. The van der Waals surface area contributed by atoms with Crippen LogP contribution in [-0.4, -0.2) is 16.6 Å². The predicted molar refractivity (Wildman–Crippen MR) is 102 cm³/mol. The van der Waals surface area contributed by atoms with Gasteiger partial charge in [-0.3, -0.25) is 0 Å². The molecule has 1 saturated carbocycles. The summed E-state index contributed by atoms with van der Waals surface area (Å²) in [6.45, 7) is 2.77.